The summed E-state index contributed by atoms with van der Waals surface area (Å²) >= 11 is 0. The molecule has 0 fully saturated rings. The zero-order valence-corrected chi connectivity index (χ0v) is 14.4. The molecule has 1 atom stereocenters. The third kappa shape index (κ3) is 3.94. The van der Waals surface area contributed by atoms with Gasteiger partial charge in [-0.3, -0.25) is 0 Å². The summed E-state index contributed by atoms with van der Waals surface area (Å²) in [4.78, 5) is 0. The Bertz CT molecular complexity index is 832. The van der Waals surface area contributed by atoms with Crippen molar-refractivity contribution in [1.82, 2.24) is 4.72 Å². The van der Waals surface area contributed by atoms with Gasteiger partial charge in [-0.2, -0.15) is 0 Å². The van der Waals surface area contributed by atoms with Crippen molar-refractivity contribution in [2.75, 3.05) is 0 Å². The maximum Gasteiger partial charge on any atom is 0.216 e. The van der Waals surface area contributed by atoms with Crippen LogP contribution in [0.15, 0.2) is 48.5 Å². The average molecular weight is 349 g/mol. The first-order valence-corrected chi connectivity index (χ1v) is 9.42. The van der Waals surface area contributed by atoms with Crippen LogP contribution >= 0.6 is 0 Å². The molecule has 0 saturated heterocycles. The maximum absolute atomic E-state index is 13.0. The topological polar surface area (TPSA) is 55.4 Å². The van der Waals surface area contributed by atoms with E-state index in [2.05, 4.69) is 4.72 Å². The Morgan fingerprint density at radius 3 is 2.54 bits per heavy atom. The maximum atomic E-state index is 13.0. The molecule has 4 nitrogen and oxygen atoms in total. The first kappa shape index (κ1) is 16.9. The molecule has 2 aromatic rings. The van der Waals surface area contributed by atoms with Gasteiger partial charge in [0.25, 0.3) is 0 Å². The van der Waals surface area contributed by atoms with E-state index < -0.39 is 15.6 Å². The number of nitrogens with one attached hydrogen (secondary N) is 1. The first-order chi connectivity index (χ1) is 11.2. The quantitative estimate of drug-likeness (QED) is 0.918. The summed E-state index contributed by atoms with van der Waals surface area (Å²) in [5.74, 6) is 0.125. The van der Waals surface area contributed by atoms with Crippen LogP contribution in [0.25, 0.3) is 0 Å². The molecule has 24 heavy (non-hydrogen) atoms. The summed E-state index contributed by atoms with van der Waals surface area (Å²) in [6.07, 6.45) is 0.534. The molecule has 1 aliphatic rings. The zero-order chi connectivity index (χ0) is 17.4. The second-order valence-electron chi connectivity index (χ2n) is 6.66. The molecule has 0 saturated carbocycles. The Hall–Kier alpha value is -1.92. The van der Waals surface area contributed by atoms with Gasteiger partial charge in [0, 0.05) is 12.0 Å². The third-order valence-electron chi connectivity index (χ3n) is 3.97. The number of para-hydroxylation sites is 1. The summed E-state index contributed by atoms with van der Waals surface area (Å²) < 4.78 is 46.7. The molecule has 1 unspecified atom stereocenters. The lowest BCUT2D eigenvalue weighted by atomic mass is 9.90. The lowest BCUT2D eigenvalue weighted by Gasteiger charge is -2.37. The van der Waals surface area contributed by atoms with Gasteiger partial charge in [0.15, 0.2) is 0 Å². The lowest BCUT2D eigenvalue weighted by Crippen LogP contribution is -2.41. The molecule has 6 heteroatoms. The van der Waals surface area contributed by atoms with Crippen LogP contribution < -0.4 is 9.46 Å². The van der Waals surface area contributed by atoms with Crippen LogP contribution in [-0.2, 0) is 15.8 Å². The molecule has 0 aromatic heterocycles. The van der Waals surface area contributed by atoms with Crippen LogP contribution in [0.1, 0.15) is 37.4 Å². The summed E-state index contributed by atoms with van der Waals surface area (Å²) in [7, 11) is -3.57. The smallest absolute Gasteiger partial charge is 0.216 e. The number of rotatable bonds is 4. The van der Waals surface area contributed by atoms with Crippen molar-refractivity contribution in [2.45, 2.75) is 37.7 Å². The van der Waals surface area contributed by atoms with Crippen LogP contribution in [0.3, 0.4) is 0 Å². The van der Waals surface area contributed by atoms with Crippen molar-refractivity contribution in [2.24, 2.45) is 0 Å². The largest absolute Gasteiger partial charge is 0.487 e. The molecule has 0 aliphatic carbocycles. The van der Waals surface area contributed by atoms with E-state index in [-0.39, 0.29) is 17.6 Å². The predicted molar refractivity (Wildman–Crippen MR) is 90.7 cm³/mol. The first-order valence-electron chi connectivity index (χ1n) is 7.76. The number of hydrogen-bond donors (Lipinski definition) is 1. The molecule has 1 aliphatic heterocycles. The molecule has 0 radical (unpaired) electrons. The van der Waals surface area contributed by atoms with E-state index in [1.807, 2.05) is 38.1 Å². The van der Waals surface area contributed by atoms with E-state index >= 15 is 0 Å². The monoisotopic (exact) mass is 349 g/mol. The van der Waals surface area contributed by atoms with Crippen LogP contribution in [-0.4, -0.2) is 14.0 Å². The second kappa shape index (κ2) is 6.18. The van der Waals surface area contributed by atoms with Gasteiger partial charge >= 0.3 is 0 Å². The average Bonchev–Trinajstić information content (AvgIpc) is 2.48. The Morgan fingerprint density at radius 1 is 1.17 bits per heavy atom. The van der Waals surface area contributed by atoms with E-state index in [0.717, 1.165) is 5.56 Å². The highest BCUT2D eigenvalue weighted by Crippen LogP contribution is 2.39. The zero-order valence-electron chi connectivity index (χ0n) is 13.6. The molecular weight excluding hydrogens is 329 g/mol. The molecule has 3 rings (SSSR count). The molecule has 2 aromatic carbocycles. The SMILES string of the molecule is CC1(C)CC(NS(=O)(=O)Cc2ccc(F)cc2)c2ccccc2O1. The highest BCUT2D eigenvalue weighted by molar-refractivity contribution is 7.88. The van der Waals surface area contributed by atoms with E-state index in [1.165, 1.54) is 24.3 Å². The summed E-state index contributed by atoms with van der Waals surface area (Å²) in [6.45, 7) is 3.87. The normalized spacial score (nSPS) is 19.4. The van der Waals surface area contributed by atoms with Crippen molar-refractivity contribution < 1.29 is 17.5 Å². The molecule has 0 amide bonds. The van der Waals surface area contributed by atoms with Gasteiger partial charge in [-0.15, -0.1) is 0 Å². The van der Waals surface area contributed by atoms with E-state index in [4.69, 9.17) is 4.74 Å². The number of hydrogen-bond acceptors (Lipinski definition) is 3. The highest BCUT2D eigenvalue weighted by Gasteiger charge is 2.35. The van der Waals surface area contributed by atoms with E-state index in [1.54, 1.807) is 0 Å². The van der Waals surface area contributed by atoms with Gasteiger partial charge < -0.3 is 4.74 Å². The van der Waals surface area contributed by atoms with Crippen molar-refractivity contribution in [3.05, 3.63) is 65.5 Å². The minimum atomic E-state index is -3.57. The van der Waals surface area contributed by atoms with Crippen LogP contribution in [0.5, 0.6) is 5.75 Å². The fraction of sp³-hybridized carbons (Fsp3) is 0.333. The van der Waals surface area contributed by atoms with E-state index in [0.29, 0.717) is 17.7 Å². The highest BCUT2D eigenvalue weighted by atomic mass is 32.2. The standard InChI is InChI=1S/C18H20FNO3S/c1-18(2)11-16(15-5-3-4-6-17(15)23-18)20-24(21,22)12-13-7-9-14(19)10-8-13/h3-10,16,20H,11-12H2,1-2H3. The summed E-state index contributed by atoms with van der Waals surface area (Å²) in [5, 5.41) is 0. The number of fused-ring (bicyclic) bond motifs is 1. The molecular formula is C18H20FNO3S. The van der Waals surface area contributed by atoms with Crippen LogP contribution in [0, 0.1) is 5.82 Å². The minimum absolute atomic E-state index is 0.187. The Labute approximate surface area is 141 Å². The second-order valence-corrected chi connectivity index (χ2v) is 8.41. The van der Waals surface area contributed by atoms with Crippen molar-refractivity contribution in [3.8, 4) is 5.75 Å². The summed E-state index contributed by atoms with van der Waals surface area (Å²) in [6, 6.07) is 12.6. The molecule has 0 spiro atoms. The number of ether oxygens (including phenoxy) is 1. The molecule has 1 N–H and O–H groups in total. The third-order valence-corrected chi connectivity index (χ3v) is 5.33. The Balaban J connectivity index is 1.82. The van der Waals surface area contributed by atoms with Gasteiger partial charge in [-0.25, -0.2) is 17.5 Å². The fourth-order valence-electron chi connectivity index (χ4n) is 2.97. The molecule has 128 valence electrons. The van der Waals surface area contributed by atoms with Crippen LogP contribution in [0.4, 0.5) is 4.39 Å². The Morgan fingerprint density at radius 2 is 1.83 bits per heavy atom. The minimum Gasteiger partial charge on any atom is -0.487 e. The van der Waals surface area contributed by atoms with E-state index in [9.17, 15) is 12.8 Å². The van der Waals surface area contributed by atoms with Gasteiger partial charge in [0.2, 0.25) is 10.0 Å². The molecule has 1 heterocycles. The van der Waals surface area contributed by atoms with Gasteiger partial charge in [-0.05, 0) is 37.6 Å². The van der Waals surface area contributed by atoms with Gasteiger partial charge in [0.1, 0.15) is 17.2 Å². The predicted octanol–water partition coefficient (Wildman–Crippen LogP) is 3.55. The number of sulfonamides is 1. The van der Waals surface area contributed by atoms with Crippen molar-refractivity contribution in [1.29, 1.82) is 0 Å². The van der Waals surface area contributed by atoms with Gasteiger partial charge in [0.05, 0.1) is 11.8 Å². The number of halogens is 1. The van der Waals surface area contributed by atoms with Crippen molar-refractivity contribution >= 4 is 10.0 Å². The fourth-order valence-corrected chi connectivity index (χ4v) is 4.32. The van der Waals surface area contributed by atoms with Crippen LogP contribution in [0.2, 0.25) is 0 Å². The number of benzene rings is 2. The Kier molecular flexibility index (Phi) is 4.36. The van der Waals surface area contributed by atoms with Gasteiger partial charge in [-0.1, -0.05) is 30.3 Å². The molecule has 0 bridgehead atoms. The lowest BCUT2D eigenvalue weighted by molar-refractivity contribution is 0.0702. The summed E-state index contributed by atoms with van der Waals surface area (Å²) in [5.41, 5.74) is 0.917. The van der Waals surface area contributed by atoms with Crippen molar-refractivity contribution in [3.63, 3.8) is 0 Å².